The van der Waals surface area contributed by atoms with Gasteiger partial charge in [0.15, 0.2) is 0 Å². The molecule has 0 aliphatic carbocycles. The fraction of sp³-hybridized carbons (Fsp3) is 0.143. The molecule has 0 atom stereocenters. The summed E-state index contributed by atoms with van der Waals surface area (Å²) in [6.45, 7) is 1.98. The van der Waals surface area contributed by atoms with E-state index >= 15 is 0 Å². The van der Waals surface area contributed by atoms with E-state index in [1.807, 2.05) is 19.1 Å². The normalized spacial score (nSPS) is 11.3. The van der Waals surface area contributed by atoms with Crippen molar-refractivity contribution in [1.29, 1.82) is 0 Å². The minimum Gasteiger partial charge on any atom is -0.348 e. The first-order valence-corrected chi connectivity index (χ1v) is 8.30. The van der Waals surface area contributed by atoms with E-state index in [0.29, 0.717) is 22.3 Å². The van der Waals surface area contributed by atoms with Gasteiger partial charge in [-0.25, -0.2) is 0 Å². The van der Waals surface area contributed by atoms with E-state index in [9.17, 15) is 18.0 Å². The molecule has 0 fully saturated rings. The van der Waals surface area contributed by atoms with Crippen molar-refractivity contribution in [2.24, 2.45) is 0 Å². The van der Waals surface area contributed by atoms with Crippen LogP contribution in [-0.4, -0.2) is 10.9 Å². The van der Waals surface area contributed by atoms with Gasteiger partial charge in [-0.05, 0) is 47.9 Å². The highest BCUT2D eigenvalue weighted by Gasteiger charge is 2.31. The van der Waals surface area contributed by atoms with Crippen LogP contribution in [0.1, 0.15) is 27.0 Å². The summed E-state index contributed by atoms with van der Waals surface area (Å²) in [5.41, 5.74) is 2.33. The number of amides is 1. The molecule has 1 amide bonds. The first-order valence-electron chi connectivity index (χ1n) is 8.30. The SMILES string of the molecule is Cc1cccc(-c2cc(C(F)(F)F)ccc2CNC(=O)c2cccnc2)c1. The first-order chi connectivity index (χ1) is 12.8. The zero-order chi connectivity index (χ0) is 19.4. The number of aromatic nitrogens is 1. The molecule has 3 nitrogen and oxygen atoms in total. The Morgan fingerprint density at radius 2 is 1.89 bits per heavy atom. The lowest BCUT2D eigenvalue weighted by Crippen LogP contribution is -2.23. The minimum atomic E-state index is -4.43. The molecule has 1 N–H and O–H groups in total. The maximum Gasteiger partial charge on any atom is 0.416 e. The zero-order valence-electron chi connectivity index (χ0n) is 14.5. The van der Waals surface area contributed by atoms with Gasteiger partial charge in [-0.2, -0.15) is 13.2 Å². The molecule has 3 aromatic rings. The summed E-state index contributed by atoms with van der Waals surface area (Å²) >= 11 is 0. The third-order valence-corrected chi connectivity index (χ3v) is 4.13. The van der Waals surface area contributed by atoms with Crippen LogP contribution in [0.5, 0.6) is 0 Å². The second-order valence-electron chi connectivity index (χ2n) is 6.16. The van der Waals surface area contributed by atoms with Crippen molar-refractivity contribution in [2.45, 2.75) is 19.6 Å². The standard InChI is InChI=1S/C21H17F3N2O/c1-14-4-2-5-15(10-14)19-11-18(21(22,23)24)8-7-16(19)13-26-20(27)17-6-3-9-25-12-17/h2-12H,13H2,1H3,(H,26,27). The Morgan fingerprint density at radius 3 is 2.56 bits per heavy atom. The van der Waals surface area contributed by atoms with Crippen LogP contribution in [0.2, 0.25) is 0 Å². The molecule has 0 bridgehead atoms. The third-order valence-electron chi connectivity index (χ3n) is 4.13. The molecule has 0 radical (unpaired) electrons. The van der Waals surface area contributed by atoms with Crippen LogP contribution in [0.15, 0.2) is 67.0 Å². The summed E-state index contributed by atoms with van der Waals surface area (Å²) in [5.74, 6) is -0.335. The number of carbonyl (C=O) groups excluding carboxylic acids is 1. The van der Waals surface area contributed by atoms with Crippen molar-refractivity contribution in [2.75, 3.05) is 0 Å². The third kappa shape index (κ3) is 4.53. The Labute approximate surface area is 154 Å². The number of alkyl halides is 3. The number of pyridine rings is 1. The van der Waals surface area contributed by atoms with Gasteiger partial charge in [0.2, 0.25) is 0 Å². The van der Waals surface area contributed by atoms with E-state index in [-0.39, 0.29) is 12.5 Å². The van der Waals surface area contributed by atoms with Crippen molar-refractivity contribution < 1.29 is 18.0 Å². The van der Waals surface area contributed by atoms with Gasteiger partial charge in [0.1, 0.15) is 0 Å². The van der Waals surface area contributed by atoms with Gasteiger partial charge in [0, 0.05) is 18.9 Å². The average Bonchev–Trinajstić information content (AvgIpc) is 2.66. The summed E-state index contributed by atoms with van der Waals surface area (Å²) in [4.78, 5) is 16.1. The second kappa shape index (κ2) is 7.61. The van der Waals surface area contributed by atoms with E-state index in [1.54, 1.807) is 30.5 Å². The zero-order valence-corrected chi connectivity index (χ0v) is 14.5. The van der Waals surface area contributed by atoms with Crippen molar-refractivity contribution in [1.82, 2.24) is 10.3 Å². The highest BCUT2D eigenvalue weighted by molar-refractivity contribution is 5.93. The van der Waals surface area contributed by atoms with Gasteiger partial charge < -0.3 is 5.32 Å². The van der Waals surface area contributed by atoms with Gasteiger partial charge >= 0.3 is 6.18 Å². The Kier molecular flexibility index (Phi) is 5.26. The number of carbonyl (C=O) groups is 1. The lowest BCUT2D eigenvalue weighted by Gasteiger charge is -2.15. The summed E-state index contributed by atoms with van der Waals surface area (Å²) in [6, 6.07) is 14.1. The second-order valence-corrected chi connectivity index (χ2v) is 6.16. The number of rotatable bonds is 4. The predicted molar refractivity (Wildman–Crippen MR) is 97.0 cm³/mol. The van der Waals surface area contributed by atoms with Crippen molar-refractivity contribution in [3.05, 3.63) is 89.2 Å². The lowest BCUT2D eigenvalue weighted by atomic mass is 9.96. The van der Waals surface area contributed by atoms with Gasteiger partial charge in [-0.3, -0.25) is 9.78 Å². The molecule has 3 rings (SSSR count). The molecule has 1 aromatic heterocycles. The van der Waals surface area contributed by atoms with E-state index in [2.05, 4.69) is 10.3 Å². The van der Waals surface area contributed by atoms with E-state index < -0.39 is 11.7 Å². The van der Waals surface area contributed by atoms with Crippen molar-refractivity contribution >= 4 is 5.91 Å². The number of benzene rings is 2. The highest BCUT2D eigenvalue weighted by atomic mass is 19.4. The van der Waals surface area contributed by atoms with Gasteiger partial charge in [0.05, 0.1) is 11.1 Å². The number of nitrogens with one attached hydrogen (secondary N) is 1. The lowest BCUT2D eigenvalue weighted by molar-refractivity contribution is -0.137. The molecule has 0 spiro atoms. The van der Waals surface area contributed by atoms with Crippen LogP contribution in [0.25, 0.3) is 11.1 Å². The highest BCUT2D eigenvalue weighted by Crippen LogP contribution is 2.34. The smallest absolute Gasteiger partial charge is 0.348 e. The monoisotopic (exact) mass is 370 g/mol. The molecule has 0 aliphatic rings. The van der Waals surface area contributed by atoms with E-state index in [1.165, 1.54) is 12.3 Å². The van der Waals surface area contributed by atoms with Gasteiger partial charge in [-0.15, -0.1) is 0 Å². The van der Waals surface area contributed by atoms with Crippen molar-refractivity contribution in [3.63, 3.8) is 0 Å². The Morgan fingerprint density at radius 1 is 1.07 bits per heavy atom. The molecule has 1 heterocycles. The quantitative estimate of drug-likeness (QED) is 0.702. The summed E-state index contributed by atoms with van der Waals surface area (Å²) in [5, 5.41) is 2.74. The number of aryl methyl sites for hydroxylation is 1. The van der Waals surface area contributed by atoms with Crippen LogP contribution in [-0.2, 0) is 12.7 Å². The molecule has 2 aromatic carbocycles. The topological polar surface area (TPSA) is 42.0 Å². The van der Waals surface area contributed by atoms with Crippen LogP contribution in [0, 0.1) is 6.92 Å². The molecule has 6 heteroatoms. The first kappa shape index (κ1) is 18.6. The van der Waals surface area contributed by atoms with Crippen LogP contribution >= 0.6 is 0 Å². The molecular weight excluding hydrogens is 353 g/mol. The average molecular weight is 370 g/mol. The molecule has 0 saturated carbocycles. The molecule has 0 unspecified atom stereocenters. The van der Waals surface area contributed by atoms with Gasteiger partial charge in [0.25, 0.3) is 5.91 Å². The Hall–Kier alpha value is -3.15. The Bertz CT molecular complexity index is 953. The summed E-state index contributed by atoms with van der Waals surface area (Å²) in [6.07, 6.45) is -1.44. The molecular formula is C21H17F3N2O. The maximum atomic E-state index is 13.2. The summed E-state index contributed by atoms with van der Waals surface area (Å²) < 4.78 is 39.5. The number of hydrogen-bond acceptors (Lipinski definition) is 2. The molecule has 0 saturated heterocycles. The predicted octanol–water partition coefficient (Wildman–Crippen LogP) is 5.01. The van der Waals surface area contributed by atoms with Crippen molar-refractivity contribution in [3.8, 4) is 11.1 Å². The summed E-state index contributed by atoms with van der Waals surface area (Å²) in [7, 11) is 0. The fourth-order valence-electron chi connectivity index (χ4n) is 2.76. The number of hydrogen-bond donors (Lipinski definition) is 1. The van der Waals surface area contributed by atoms with E-state index in [4.69, 9.17) is 0 Å². The molecule has 0 aliphatic heterocycles. The fourth-order valence-corrected chi connectivity index (χ4v) is 2.76. The largest absolute Gasteiger partial charge is 0.416 e. The minimum absolute atomic E-state index is 0.106. The maximum absolute atomic E-state index is 13.2. The molecule has 138 valence electrons. The van der Waals surface area contributed by atoms with Crippen LogP contribution in [0.4, 0.5) is 13.2 Å². The van der Waals surface area contributed by atoms with E-state index in [0.717, 1.165) is 17.7 Å². The molecule has 27 heavy (non-hydrogen) atoms. The number of halogens is 3. The Balaban J connectivity index is 1.93. The van der Waals surface area contributed by atoms with Crippen LogP contribution in [0.3, 0.4) is 0 Å². The van der Waals surface area contributed by atoms with Gasteiger partial charge in [-0.1, -0.05) is 35.9 Å². The number of nitrogens with zero attached hydrogens (tertiary/aromatic N) is 1. The van der Waals surface area contributed by atoms with Crippen LogP contribution < -0.4 is 5.32 Å².